The van der Waals surface area contributed by atoms with E-state index in [9.17, 15) is 4.39 Å². The highest BCUT2D eigenvalue weighted by molar-refractivity contribution is 6.30. The highest BCUT2D eigenvalue weighted by atomic mass is 35.5. The molecule has 17 heavy (non-hydrogen) atoms. The molecule has 0 amide bonds. The van der Waals surface area contributed by atoms with Gasteiger partial charge >= 0.3 is 0 Å². The Bertz CT molecular complexity index is 390. The van der Waals surface area contributed by atoms with Crippen LogP contribution >= 0.6 is 11.6 Å². The molecule has 0 radical (unpaired) electrons. The van der Waals surface area contributed by atoms with E-state index in [2.05, 4.69) is 19.2 Å². The summed E-state index contributed by atoms with van der Waals surface area (Å²) < 4.78 is 13.8. The van der Waals surface area contributed by atoms with Gasteiger partial charge in [-0.15, -0.1) is 0 Å². The fraction of sp³-hybridized carbons (Fsp3) is 0.571. The number of nitrogens with one attached hydrogen (secondary N) is 1. The van der Waals surface area contributed by atoms with Crippen LogP contribution in [0.15, 0.2) is 18.2 Å². The second-order valence-electron chi connectivity index (χ2n) is 5.11. The van der Waals surface area contributed by atoms with E-state index in [1.54, 1.807) is 12.1 Å². The van der Waals surface area contributed by atoms with Crippen molar-refractivity contribution in [1.29, 1.82) is 0 Å². The first-order valence-electron chi connectivity index (χ1n) is 6.26. The summed E-state index contributed by atoms with van der Waals surface area (Å²) in [6.45, 7) is 5.19. The summed E-state index contributed by atoms with van der Waals surface area (Å²) in [6, 6.07) is 5.67. The molecule has 0 aromatic heterocycles. The molecule has 0 bridgehead atoms. The minimum atomic E-state index is -0.191. The molecule has 2 unspecified atom stereocenters. The van der Waals surface area contributed by atoms with Crippen LogP contribution in [0.25, 0.3) is 0 Å². The Labute approximate surface area is 107 Å². The summed E-state index contributed by atoms with van der Waals surface area (Å²) in [4.78, 5) is 0. The minimum absolute atomic E-state index is 0.191. The van der Waals surface area contributed by atoms with E-state index in [0.717, 1.165) is 12.1 Å². The van der Waals surface area contributed by atoms with Gasteiger partial charge in [-0.1, -0.05) is 31.5 Å². The monoisotopic (exact) mass is 255 g/mol. The van der Waals surface area contributed by atoms with E-state index >= 15 is 0 Å². The van der Waals surface area contributed by atoms with Gasteiger partial charge in [0.1, 0.15) is 5.82 Å². The summed E-state index contributed by atoms with van der Waals surface area (Å²) in [5.74, 6) is 0.438. The van der Waals surface area contributed by atoms with Crippen molar-refractivity contribution in [3.8, 4) is 0 Å². The zero-order valence-electron chi connectivity index (χ0n) is 10.3. The minimum Gasteiger partial charge on any atom is -0.314 e. The first-order valence-corrected chi connectivity index (χ1v) is 6.64. The van der Waals surface area contributed by atoms with Crippen molar-refractivity contribution in [3.05, 3.63) is 34.6 Å². The van der Waals surface area contributed by atoms with Gasteiger partial charge in [-0.25, -0.2) is 4.39 Å². The highest BCUT2D eigenvalue weighted by Gasteiger charge is 2.23. The number of hydrogen-bond donors (Lipinski definition) is 1. The van der Waals surface area contributed by atoms with Gasteiger partial charge in [0.05, 0.1) is 0 Å². The van der Waals surface area contributed by atoms with Crippen LogP contribution in [0.2, 0.25) is 5.02 Å². The van der Waals surface area contributed by atoms with Crippen molar-refractivity contribution in [2.75, 3.05) is 6.54 Å². The summed E-state index contributed by atoms with van der Waals surface area (Å²) in [5.41, 5.74) is 0.763. The van der Waals surface area contributed by atoms with E-state index in [4.69, 9.17) is 11.6 Å². The number of halogens is 2. The Balaban J connectivity index is 1.98. The molecule has 1 aromatic rings. The lowest BCUT2D eigenvalue weighted by molar-refractivity contribution is 0.433. The zero-order valence-corrected chi connectivity index (χ0v) is 11.1. The molecule has 1 saturated carbocycles. The van der Waals surface area contributed by atoms with Crippen LogP contribution in [0.4, 0.5) is 4.39 Å². The SMILES string of the molecule is CC(CNC1CC1)C(C)c1ccc(Cl)cc1F. The van der Waals surface area contributed by atoms with E-state index in [1.807, 2.05) is 0 Å². The van der Waals surface area contributed by atoms with Crippen LogP contribution in [0.5, 0.6) is 0 Å². The summed E-state index contributed by atoms with van der Waals surface area (Å²) in [7, 11) is 0. The maximum atomic E-state index is 13.8. The maximum Gasteiger partial charge on any atom is 0.128 e. The average molecular weight is 256 g/mol. The van der Waals surface area contributed by atoms with E-state index in [-0.39, 0.29) is 11.7 Å². The first kappa shape index (κ1) is 12.8. The van der Waals surface area contributed by atoms with Crippen molar-refractivity contribution < 1.29 is 4.39 Å². The van der Waals surface area contributed by atoms with Gasteiger partial charge in [-0.2, -0.15) is 0 Å². The molecule has 2 rings (SSSR count). The lowest BCUT2D eigenvalue weighted by Crippen LogP contribution is -2.26. The topological polar surface area (TPSA) is 12.0 Å². The second kappa shape index (κ2) is 5.36. The maximum absolute atomic E-state index is 13.8. The molecular weight excluding hydrogens is 237 g/mol. The number of rotatable bonds is 5. The van der Waals surface area contributed by atoms with Gasteiger partial charge in [0.15, 0.2) is 0 Å². The van der Waals surface area contributed by atoms with Crippen molar-refractivity contribution in [2.45, 2.75) is 38.6 Å². The molecule has 1 fully saturated rings. The van der Waals surface area contributed by atoms with Gasteiger partial charge in [0, 0.05) is 11.1 Å². The molecule has 1 aliphatic rings. The first-order chi connectivity index (χ1) is 8.08. The molecule has 1 nitrogen and oxygen atoms in total. The Hall–Kier alpha value is -0.600. The predicted molar refractivity (Wildman–Crippen MR) is 70.0 cm³/mol. The molecule has 3 heteroatoms. The lowest BCUT2D eigenvalue weighted by Gasteiger charge is -2.21. The number of benzene rings is 1. The molecule has 0 heterocycles. The van der Waals surface area contributed by atoms with Crippen LogP contribution in [0.1, 0.15) is 38.2 Å². The van der Waals surface area contributed by atoms with E-state index in [1.165, 1.54) is 18.9 Å². The van der Waals surface area contributed by atoms with Crippen LogP contribution in [0.3, 0.4) is 0 Å². The van der Waals surface area contributed by atoms with E-state index < -0.39 is 0 Å². The standard InChI is InChI=1S/C14H19ClFN/c1-9(8-17-12-4-5-12)10(2)13-6-3-11(15)7-14(13)16/h3,6-7,9-10,12,17H,4-5,8H2,1-2H3. The molecule has 1 N–H and O–H groups in total. The largest absolute Gasteiger partial charge is 0.314 e. The van der Waals surface area contributed by atoms with Crippen LogP contribution in [0, 0.1) is 11.7 Å². The molecule has 1 aliphatic carbocycles. The van der Waals surface area contributed by atoms with Crippen molar-refractivity contribution in [2.24, 2.45) is 5.92 Å². The van der Waals surface area contributed by atoms with E-state index in [0.29, 0.717) is 17.0 Å². The van der Waals surface area contributed by atoms with Gasteiger partial charge < -0.3 is 5.32 Å². The Morgan fingerprint density at radius 1 is 1.41 bits per heavy atom. The van der Waals surface area contributed by atoms with Crippen LogP contribution in [-0.4, -0.2) is 12.6 Å². The Morgan fingerprint density at radius 3 is 2.71 bits per heavy atom. The summed E-state index contributed by atoms with van der Waals surface area (Å²) in [5, 5.41) is 3.95. The fourth-order valence-corrected chi connectivity index (χ4v) is 2.15. The lowest BCUT2D eigenvalue weighted by atomic mass is 9.88. The fourth-order valence-electron chi connectivity index (χ4n) is 1.99. The van der Waals surface area contributed by atoms with Crippen molar-refractivity contribution in [1.82, 2.24) is 5.32 Å². The third-order valence-corrected chi connectivity index (χ3v) is 3.85. The second-order valence-corrected chi connectivity index (χ2v) is 5.55. The third kappa shape index (κ3) is 3.43. The average Bonchev–Trinajstić information content (AvgIpc) is 3.09. The zero-order chi connectivity index (χ0) is 12.4. The third-order valence-electron chi connectivity index (χ3n) is 3.61. The van der Waals surface area contributed by atoms with Crippen molar-refractivity contribution >= 4 is 11.6 Å². The quantitative estimate of drug-likeness (QED) is 0.840. The summed E-state index contributed by atoms with van der Waals surface area (Å²) >= 11 is 5.76. The van der Waals surface area contributed by atoms with Gasteiger partial charge in [0.2, 0.25) is 0 Å². The number of hydrogen-bond acceptors (Lipinski definition) is 1. The molecule has 2 atom stereocenters. The molecule has 1 aromatic carbocycles. The van der Waals surface area contributed by atoms with Gasteiger partial charge in [0.25, 0.3) is 0 Å². The van der Waals surface area contributed by atoms with Crippen LogP contribution < -0.4 is 5.32 Å². The molecule has 0 saturated heterocycles. The van der Waals surface area contributed by atoms with Crippen molar-refractivity contribution in [3.63, 3.8) is 0 Å². The Morgan fingerprint density at radius 2 is 2.12 bits per heavy atom. The molecular formula is C14H19ClFN. The molecule has 0 aliphatic heterocycles. The summed E-state index contributed by atoms with van der Waals surface area (Å²) in [6.07, 6.45) is 2.58. The highest BCUT2D eigenvalue weighted by Crippen LogP contribution is 2.28. The molecule has 0 spiro atoms. The Kier molecular flexibility index (Phi) is 4.05. The predicted octanol–water partition coefficient (Wildman–Crippen LogP) is 3.97. The smallest absolute Gasteiger partial charge is 0.128 e. The van der Waals surface area contributed by atoms with Crippen LogP contribution in [-0.2, 0) is 0 Å². The van der Waals surface area contributed by atoms with Gasteiger partial charge in [-0.3, -0.25) is 0 Å². The van der Waals surface area contributed by atoms with Gasteiger partial charge in [-0.05, 0) is 48.9 Å². The molecule has 94 valence electrons. The normalized spacial score (nSPS) is 19.1.